The van der Waals surface area contributed by atoms with Gasteiger partial charge in [0, 0.05) is 105 Å². The highest BCUT2D eigenvalue weighted by molar-refractivity contribution is 5.99. The summed E-state index contributed by atoms with van der Waals surface area (Å²) >= 11 is 0. The lowest BCUT2D eigenvalue weighted by molar-refractivity contribution is -0.142. The van der Waals surface area contributed by atoms with Crippen LogP contribution in [0, 0.1) is 0 Å². The number of aromatic amines is 2. The number of anilines is 2. The van der Waals surface area contributed by atoms with Crippen molar-refractivity contribution in [1.82, 2.24) is 76.7 Å². The van der Waals surface area contributed by atoms with Gasteiger partial charge in [-0.3, -0.25) is 42.9 Å². The molecular formula is C50H66N18O13. The summed E-state index contributed by atoms with van der Waals surface area (Å²) in [6, 6.07) is 5.08. The van der Waals surface area contributed by atoms with Crippen molar-refractivity contribution in [2.24, 2.45) is 5.73 Å². The largest absolute Gasteiger partial charge is 0.480 e. The van der Waals surface area contributed by atoms with E-state index in [9.17, 15) is 53.4 Å². The van der Waals surface area contributed by atoms with E-state index in [4.69, 9.17) is 15.2 Å². The Morgan fingerprint density at radius 1 is 0.580 bits per heavy atom. The lowest BCUT2D eigenvalue weighted by Crippen LogP contribution is -2.53. The van der Waals surface area contributed by atoms with Crippen LogP contribution >= 0.6 is 0 Å². The third kappa shape index (κ3) is 20.0. The SMILES string of the molecule is NCCOCCOCCC(=O)NC(CCC(=O)NCC(=O)NC(CNC(=O)c1ccc2c(cnn2CCCNc2ncc[nH]2)c1)C(=O)O)C(=O)NCC(=O)NC(CNC(=O)c1ccc2c(cnn2CCCNc2ncc[nH]2)c1)C(=O)O. The van der Waals surface area contributed by atoms with E-state index in [1.807, 2.05) is 0 Å². The Bertz CT molecular complexity index is 3050. The van der Waals surface area contributed by atoms with E-state index >= 15 is 0 Å². The summed E-state index contributed by atoms with van der Waals surface area (Å²) in [4.78, 5) is 130. The molecule has 6 rings (SSSR count). The van der Waals surface area contributed by atoms with E-state index in [2.05, 4.69) is 78.0 Å². The van der Waals surface area contributed by atoms with Crippen molar-refractivity contribution >= 4 is 87.0 Å². The smallest absolute Gasteiger partial charge is 0.328 e. The molecule has 434 valence electrons. The Hall–Kier alpha value is -9.49. The van der Waals surface area contributed by atoms with Crippen molar-refractivity contribution in [3.05, 3.63) is 84.7 Å². The van der Waals surface area contributed by atoms with Crippen molar-refractivity contribution in [2.75, 3.05) is 82.9 Å². The highest BCUT2D eigenvalue weighted by atomic mass is 16.5. The maximum absolute atomic E-state index is 13.4. The number of benzene rings is 2. The maximum Gasteiger partial charge on any atom is 0.328 e. The summed E-state index contributed by atoms with van der Waals surface area (Å²) in [6.45, 7) is 0.837. The van der Waals surface area contributed by atoms with Crippen LogP contribution in [-0.2, 0) is 56.1 Å². The number of H-pyrrole nitrogens is 2. The van der Waals surface area contributed by atoms with Gasteiger partial charge in [-0.05, 0) is 55.7 Å². The molecule has 0 saturated carbocycles. The molecule has 4 aromatic heterocycles. The second-order valence-corrected chi connectivity index (χ2v) is 18.0. The van der Waals surface area contributed by atoms with Gasteiger partial charge in [0.2, 0.25) is 29.5 Å². The van der Waals surface area contributed by atoms with Gasteiger partial charge in [-0.1, -0.05) is 0 Å². The molecule has 31 nitrogen and oxygen atoms in total. The van der Waals surface area contributed by atoms with E-state index in [1.165, 1.54) is 0 Å². The predicted molar refractivity (Wildman–Crippen MR) is 289 cm³/mol. The number of nitrogens with one attached hydrogen (secondary N) is 11. The van der Waals surface area contributed by atoms with Gasteiger partial charge in [-0.2, -0.15) is 10.2 Å². The van der Waals surface area contributed by atoms with Gasteiger partial charge in [-0.15, -0.1) is 0 Å². The van der Waals surface area contributed by atoms with Crippen LogP contribution in [0.1, 0.15) is 52.8 Å². The predicted octanol–water partition coefficient (Wildman–Crippen LogP) is -1.99. The summed E-state index contributed by atoms with van der Waals surface area (Å²) in [5, 5.41) is 52.7. The third-order valence-electron chi connectivity index (χ3n) is 12.0. The van der Waals surface area contributed by atoms with Gasteiger partial charge in [0.05, 0.1) is 62.9 Å². The summed E-state index contributed by atoms with van der Waals surface area (Å²) in [6.07, 6.45) is 10.3. The molecule has 0 aliphatic heterocycles. The number of rotatable bonds is 37. The van der Waals surface area contributed by atoms with E-state index in [1.54, 1.807) is 82.9 Å². The van der Waals surface area contributed by atoms with Crippen LogP contribution < -0.4 is 53.6 Å². The Labute approximate surface area is 462 Å². The molecular weight excluding hydrogens is 1060 g/mol. The van der Waals surface area contributed by atoms with E-state index in [-0.39, 0.29) is 43.8 Å². The molecule has 0 fully saturated rings. The number of nitrogens with two attached hydrogens (primary N) is 1. The van der Waals surface area contributed by atoms with Crippen LogP contribution in [0.4, 0.5) is 11.9 Å². The third-order valence-corrected chi connectivity index (χ3v) is 12.0. The second-order valence-electron chi connectivity index (χ2n) is 18.0. The number of aromatic nitrogens is 8. The fourth-order valence-corrected chi connectivity index (χ4v) is 7.83. The number of carboxylic acid groups (broad SMARTS) is 2. The zero-order valence-electron chi connectivity index (χ0n) is 44.0. The number of fused-ring (bicyclic) bond motifs is 2. The molecule has 4 heterocycles. The van der Waals surface area contributed by atoms with Gasteiger partial charge >= 0.3 is 11.9 Å². The molecule has 0 radical (unpaired) electrons. The van der Waals surface area contributed by atoms with Gasteiger partial charge in [0.1, 0.15) is 18.1 Å². The normalized spacial score (nSPS) is 12.2. The van der Waals surface area contributed by atoms with E-state index < -0.39 is 104 Å². The minimum atomic E-state index is -1.63. The van der Waals surface area contributed by atoms with Gasteiger partial charge in [0.25, 0.3) is 11.8 Å². The number of nitrogens with zero attached hydrogens (tertiary/aromatic N) is 6. The van der Waals surface area contributed by atoms with Crippen LogP contribution in [0.5, 0.6) is 0 Å². The molecule has 0 saturated heterocycles. The first-order valence-electron chi connectivity index (χ1n) is 25.8. The van der Waals surface area contributed by atoms with Crippen molar-refractivity contribution in [1.29, 1.82) is 0 Å². The quantitative estimate of drug-likeness (QED) is 0.0188. The number of carbonyl (C=O) groups excluding carboxylic acids is 7. The Morgan fingerprint density at radius 3 is 1.56 bits per heavy atom. The lowest BCUT2D eigenvalue weighted by atomic mass is 10.1. The standard InChI is InChI=1S/C50H66N18O13/c51-10-20-81-22-21-80-19-9-41(70)64-35(46(75)61-30-43(72)66-37(48(78)79)28-60-45(74)32-4-7-39-34(24-32)26-63-68(39)18-2-12-53-50-56-15-16-57-50)5-8-40(69)58-29-42(71)65-36(47(76)77)27-59-44(73)31-3-6-38-33(23-31)25-62-67(38)17-1-11-52-49-54-13-14-55-49/h3-4,6-7,13-16,23-26,35-37H,1-2,5,8-12,17-22,27-30,51H2,(H,58,69)(H,59,73)(H,60,74)(H,61,75)(H,64,70)(H,65,71)(H,66,72)(H,76,77)(H,78,79)(H2,52,54,55)(H2,53,56,57). The van der Waals surface area contributed by atoms with Crippen molar-refractivity contribution in [3.8, 4) is 0 Å². The molecule has 0 aliphatic rings. The first-order chi connectivity index (χ1) is 39.2. The summed E-state index contributed by atoms with van der Waals surface area (Å²) in [5.74, 6) is -7.18. The lowest BCUT2D eigenvalue weighted by Gasteiger charge is -2.19. The number of aryl methyl sites for hydroxylation is 2. The van der Waals surface area contributed by atoms with E-state index in [0.717, 1.165) is 23.9 Å². The van der Waals surface area contributed by atoms with Crippen molar-refractivity contribution in [2.45, 2.75) is 63.3 Å². The summed E-state index contributed by atoms with van der Waals surface area (Å²) < 4.78 is 14.2. The number of aliphatic carboxylic acids is 2. The second kappa shape index (κ2) is 31.8. The topological polar surface area (TPSA) is 440 Å². The zero-order chi connectivity index (χ0) is 57.9. The van der Waals surface area contributed by atoms with Crippen molar-refractivity contribution in [3.63, 3.8) is 0 Å². The van der Waals surface area contributed by atoms with Crippen LogP contribution in [-0.4, -0.2) is 193 Å². The highest BCUT2D eigenvalue weighted by Crippen LogP contribution is 2.18. The molecule has 6 aromatic rings. The zero-order valence-corrected chi connectivity index (χ0v) is 44.0. The van der Waals surface area contributed by atoms with Crippen LogP contribution in [0.25, 0.3) is 21.8 Å². The number of imidazole rings is 2. The molecule has 15 N–H and O–H groups in total. The number of carbonyl (C=O) groups is 9. The average molecular weight is 1130 g/mol. The summed E-state index contributed by atoms with van der Waals surface area (Å²) in [5.41, 5.74) is 7.37. The molecule has 7 amide bonds. The summed E-state index contributed by atoms with van der Waals surface area (Å²) in [7, 11) is 0. The molecule has 0 bridgehead atoms. The average Bonchev–Trinajstić information content (AvgIpc) is 4.34. The Balaban J connectivity index is 0.936. The van der Waals surface area contributed by atoms with Gasteiger partial charge in [-0.25, -0.2) is 19.6 Å². The Kier molecular flexibility index (Phi) is 23.8. The van der Waals surface area contributed by atoms with Gasteiger partial charge in [0.15, 0.2) is 11.9 Å². The first-order valence-corrected chi connectivity index (χ1v) is 25.8. The molecule has 31 heteroatoms. The molecule has 2 aromatic carbocycles. The number of ether oxygens (including phenoxy) is 2. The van der Waals surface area contributed by atoms with Crippen LogP contribution in [0.2, 0.25) is 0 Å². The minimum Gasteiger partial charge on any atom is -0.480 e. The number of carboxylic acids is 2. The number of hydrogen-bond donors (Lipinski definition) is 14. The highest BCUT2D eigenvalue weighted by Gasteiger charge is 2.26. The Morgan fingerprint density at radius 2 is 1.07 bits per heavy atom. The van der Waals surface area contributed by atoms with E-state index in [0.29, 0.717) is 62.0 Å². The van der Waals surface area contributed by atoms with Crippen LogP contribution in [0.3, 0.4) is 0 Å². The number of amides is 7. The molecule has 0 aliphatic carbocycles. The molecule has 3 unspecified atom stereocenters. The number of hydrogen-bond acceptors (Lipinski definition) is 18. The molecule has 81 heavy (non-hydrogen) atoms. The molecule has 3 atom stereocenters. The van der Waals surface area contributed by atoms with Crippen LogP contribution in [0.15, 0.2) is 73.6 Å². The fraction of sp³-hybridized carbons (Fsp3) is 0.420. The fourth-order valence-electron chi connectivity index (χ4n) is 7.83. The van der Waals surface area contributed by atoms with Crippen molar-refractivity contribution < 1.29 is 62.8 Å². The minimum absolute atomic E-state index is 0.0699. The monoisotopic (exact) mass is 1130 g/mol. The van der Waals surface area contributed by atoms with Gasteiger partial charge < -0.3 is 83.2 Å². The first kappa shape index (κ1) is 60.7. The molecule has 0 spiro atoms. The maximum atomic E-state index is 13.4.